The van der Waals surface area contributed by atoms with Gasteiger partial charge in [-0.1, -0.05) is 17.7 Å². The molecule has 3 nitrogen and oxygen atoms in total. The zero-order valence-corrected chi connectivity index (χ0v) is 11.3. The molecule has 96 valence electrons. The molecule has 0 unspecified atom stereocenters. The fraction of sp³-hybridized carbons (Fsp3) is 0.571. The van der Waals surface area contributed by atoms with Crippen molar-refractivity contribution in [2.75, 3.05) is 20.2 Å². The van der Waals surface area contributed by atoms with Crippen molar-refractivity contribution in [1.29, 1.82) is 0 Å². The molecule has 0 radical (unpaired) electrons. The van der Waals surface area contributed by atoms with E-state index >= 15 is 0 Å². The highest BCUT2D eigenvalue weighted by Gasteiger charge is 2.13. The first-order chi connectivity index (χ1) is 7.98. The summed E-state index contributed by atoms with van der Waals surface area (Å²) in [6, 6.07) is 6.27. The summed E-state index contributed by atoms with van der Waals surface area (Å²) in [5.41, 5.74) is 8.18. The van der Waals surface area contributed by atoms with E-state index in [2.05, 4.69) is 38.2 Å². The van der Waals surface area contributed by atoms with Crippen molar-refractivity contribution >= 4 is 0 Å². The molecule has 0 aliphatic carbocycles. The number of nitrogens with one attached hydrogen (secondary N) is 1. The van der Waals surface area contributed by atoms with Crippen LogP contribution in [0.15, 0.2) is 18.2 Å². The average molecular weight is 236 g/mol. The molecule has 17 heavy (non-hydrogen) atoms. The first-order valence-electron chi connectivity index (χ1n) is 6.07. The Kier molecular flexibility index (Phi) is 4.97. The van der Waals surface area contributed by atoms with Gasteiger partial charge in [-0.3, -0.25) is 0 Å². The molecule has 1 aromatic rings. The van der Waals surface area contributed by atoms with Gasteiger partial charge in [0.05, 0.1) is 7.11 Å². The Hall–Kier alpha value is -1.06. The molecule has 0 saturated carbocycles. The third-order valence-electron chi connectivity index (χ3n) is 2.94. The van der Waals surface area contributed by atoms with Crippen molar-refractivity contribution in [3.63, 3.8) is 0 Å². The van der Waals surface area contributed by atoms with Crippen LogP contribution in [0.5, 0.6) is 5.75 Å². The molecular formula is C14H24N2O. The van der Waals surface area contributed by atoms with Crippen LogP contribution in [-0.2, 0) is 6.42 Å². The minimum Gasteiger partial charge on any atom is -0.496 e. The van der Waals surface area contributed by atoms with Gasteiger partial charge in [-0.25, -0.2) is 0 Å². The van der Waals surface area contributed by atoms with Crippen LogP contribution in [0.25, 0.3) is 0 Å². The Labute approximate surface area is 104 Å². The highest BCUT2D eigenvalue weighted by molar-refractivity contribution is 5.37. The molecule has 0 saturated heterocycles. The van der Waals surface area contributed by atoms with Crippen LogP contribution >= 0.6 is 0 Å². The molecule has 0 heterocycles. The molecule has 0 spiro atoms. The summed E-state index contributed by atoms with van der Waals surface area (Å²) in [6.45, 7) is 7.86. The summed E-state index contributed by atoms with van der Waals surface area (Å²) in [7, 11) is 1.71. The Morgan fingerprint density at radius 3 is 2.65 bits per heavy atom. The maximum absolute atomic E-state index is 5.68. The maximum atomic E-state index is 5.68. The zero-order chi connectivity index (χ0) is 12.9. The van der Waals surface area contributed by atoms with E-state index in [1.165, 1.54) is 11.1 Å². The first-order valence-corrected chi connectivity index (χ1v) is 6.07. The Balaban J connectivity index is 2.59. The van der Waals surface area contributed by atoms with Crippen molar-refractivity contribution in [2.24, 2.45) is 5.73 Å². The summed E-state index contributed by atoms with van der Waals surface area (Å²) in [5.74, 6) is 0.961. The molecule has 0 aliphatic rings. The quantitative estimate of drug-likeness (QED) is 0.792. The summed E-state index contributed by atoms with van der Waals surface area (Å²) in [6.07, 6.45) is 0.953. The monoisotopic (exact) mass is 236 g/mol. The van der Waals surface area contributed by atoms with Gasteiger partial charge in [-0.05, 0) is 45.4 Å². The van der Waals surface area contributed by atoms with Crippen molar-refractivity contribution in [3.8, 4) is 5.75 Å². The minimum atomic E-state index is -0.00292. The predicted molar refractivity (Wildman–Crippen MR) is 72.6 cm³/mol. The molecular weight excluding hydrogens is 212 g/mol. The topological polar surface area (TPSA) is 47.3 Å². The standard InChI is InChI=1S/C14H24N2O/c1-11-5-6-13(17-4)12(9-11)7-8-16-14(2,3)10-15/h5-6,9,16H,7-8,10,15H2,1-4H3. The Morgan fingerprint density at radius 2 is 2.06 bits per heavy atom. The van der Waals surface area contributed by atoms with Gasteiger partial charge in [0.2, 0.25) is 0 Å². The number of aryl methyl sites for hydroxylation is 1. The van der Waals surface area contributed by atoms with Gasteiger partial charge in [0.1, 0.15) is 5.75 Å². The van der Waals surface area contributed by atoms with Crippen LogP contribution < -0.4 is 15.8 Å². The smallest absolute Gasteiger partial charge is 0.122 e. The van der Waals surface area contributed by atoms with Gasteiger partial charge in [0, 0.05) is 12.1 Å². The lowest BCUT2D eigenvalue weighted by molar-refractivity contribution is 0.392. The molecule has 3 heteroatoms. The van der Waals surface area contributed by atoms with E-state index in [1.807, 2.05) is 6.07 Å². The average Bonchev–Trinajstić information content (AvgIpc) is 2.29. The predicted octanol–water partition coefficient (Wildman–Crippen LogP) is 1.87. The van der Waals surface area contributed by atoms with Gasteiger partial charge in [-0.15, -0.1) is 0 Å². The van der Waals surface area contributed by atoms with Gasteiger partial charge in [-0.2, -0.15) is 0 Å². The minimum absolute atomic E-state index is 0.00292. The van der Waals surface area contributed by atoms with Crippen molar-refractivity contribution in [1.82, 2.24) is 5.32 Å². The van der Waals surface area contributed by atoms with E-state index in [0.29, 0.717) is 6.54 Å². The lowest BCUT2D eigenvalue weighted by atomic mass is 10.0. The van der Waals surface area contributed by atoms with Crippen molar-refractivity contribution < 1.29 is 4.74 Å². The molecule has 0 atom stereocenters. The molecule has 0 aliphatic heterocycles. The van der Waals surface area contributed by atoms with E-state index < -0.39 is 0 Å². The molecule has 0 fully saturated rings. The van der Waals surface area contributed by atoms with Crippen LogP contribution in [0.2, 0.25) is 0 Å². The number of methoxy groups -OCH3 is 1. The van der Waals surface area contributed by atoms with Crippen molar-refractivity contribution in [3.05, 3.63) is 29.3 Å². The first kappa shape index (κ1) is 14.0. The van der Waals surface area contributed by atoms with Gasteiger partial charge in [0.25, 0.3) is 0 Å². The summed E-state index contributed by atoms with van der Waals surface area (Å²) in [5, 5.41) is 3.45. The van der Waals surface area contributed by atoms with Crippen LogP contribution in [0.3, 0.4) is 0 Å². The Morgan fingerprint density at radius 1 is 1.35 bits per heavy atom. The number of ether oxygens (including phenoxy) is 1. The van der Waals surface area contributed by atoms with E-state index in [1.54, 1.807) is 7.11 Å². The molecule has 1 rings (SSSR count). The van der Waals surface area contributed by atoms with E-state index in [9.17, 15) is 0 Å². The number of nitrogens with two attached hydrogens (primary N) is 1. The number of rotatable bonds is 6. The van der Waals surface area contributed by atoms with Crippen molar-refractivity contribution in [2.45, 2.75) is 32.7 Å². The van der Waals surface area contributed by atoms with Gasteiger partial charge < -0.3 is 15.8 Å². The molecule has 0 bridgehead atoms. The molecule has 0 amide bonds. The van der Waals surface area contributed by atoms with E-state index in [4.69, 9.17) is 10.5 Å². The summed E-state index contributed by atoms with van der Waals surface area (Å²) < 4.78 is 5.36. The van der Waals surface area contributed by atoms with Crippen LogP contribution in [0.4, 0.5) is 0 Å². The summed E-state index contributed by atoms with van der Waals surface area (Å²) in [4.78, 5) is 0. The highest BCUT2D eigenvalue weighted by atomic mass is 16.5. The number of benzene rings is 1. The second-order valence-corrected chi connectivity index (χ2v) is 5.08. The van der Waals surface area contributed by atoms with Crippen LogP contribution in [-0.4, -0.2) is 25.7 Å². The number of hydrogen-bond donors (Lipinski definition) is 2. The van der Waals surface area contributed by atoms with Crippen LogP contribution in [0.1, 0.15) is 25.0 Å². The van der Waals surface area contributed by atoms with Gasteiger partial charge in [0.15, 0.2) is 0 Å². The normalized spacial score (nSPS) is 11.6. The van der Waals surface area contributed by atoms with E-state index in [0.717, 1.165) is 18.7 Å². The van der Waals surface area contributed by atoms with Crippen LogP contribution in [0, 0.1) is 6.92 Å². The fourth-order valence-corrected chi connectivity index (χ4v) is 1.71. The number of hydrogen-bond acceptors (Lipinski definition) is 3. The third-order valence-corrected chi connectivity index (χ3v) is 2.94. The summed E-state index contributed by atoms with van der Waals surface area (Å²) >= 11 is 0. The largest absolute Gasteiger partial charge is 0.496 e. The fourth-order valence-electron chi connectivity index (χ4n) is 1.71. The lowest BCUT2D eigenvalue weighted by Gasteiger charge is -2.24. The van der Waals surface area contributed by atoms with Gasteiger partial charge >= 0.3 is 0 Å². The maximum Gasteiger partial charge on any atom is 0.122 e. The zero-order valence-electron chi connectivity index (χ0n) is 11.3. The lowest BCUT2D eigenvalue weighted by Crippen LogP contribution is -2.46. The van der Waals surface area contributed by atoms with E-state index in [-0.39, 0.29) is 5.54 Å². The molecule has 1 aromatic carbocycles. The Bertz CT molecular complexity index is 361. The SMILES string of the molecule is COc1ccc(C)cc1CCNC(C)(C)CN. The second-order valence-electron chi connectivity index (χ2n) is 5.08. The highest BCUT2D eigenvalue weighted by Crippen LogP contribution is 2.19. The molecule has 3 N–H and O–H groups in total. The molecule has 0 aromatic heterocycles. The second kappa shape index (κ2) is 6.03. The third kappa shape index (κ3) is 4.36.